The van der Waals surface area contributed by atoms with Crippen molar-refractivity contribution >= 4 is 23.2 Å². The maximum Gasteiger partial charge on any atom is 0.262 e. The van der Waals surface area contributed by atoms with E-state index in [9.17, 15) is 9.59 Å². The lowest BCUT2D eigenvalue weighted by molar-refractivity contribution is -0.118. The molecule has 0 radical (unpaired) electrons. The summed E-state index contributed by atoms with van der Waals surface area (Å²) in [5, 5.41) is 2.83. The second-order valence-corrected chi connectivity index (χ2v) is 7.81. The highest BCUT2D eigenvalue weighted by Gasteiger charge is 2.21. The predicted molar refractivity (Wildman–Crippen MR) is 107 cm³/mol. The zero-order chi connectivity index (χ0) is 19.4. The van der Waals surface area contributed by atoms with Crippen molar-refractivity contribution in [1.29, 1.82) is 0 Å². The van der Waals surface area contributed by atoms with E-state index >= 15 is 0 Å². The second-order valence-electron chi connectivity index (χ2n) is 7.81. The number of anilines is 2. The highest BCUT2D eigenvalue weighted by molar-refractivity contribution is 5.97. The van der Waals surface area contributed by atoms with Crippen LogP contribution in [0.5, 0.6) is 5.75 Å². The first-order valence-corrected chi connectivity index (χ1v) is 9.26. The normalized spacial score (nSPS) is 14.3. The molecule has 0 bridgehead atoms. The van der Waals surface area contributed by atoms with Gasteiger partial charge in [-0.05, 0) is 47.7 Å². The van der Waals surface area contributed by atoms with Crippen molar-refractivity contribution in [2.24, 2.45) is 0 Å². The third-order valence-corrected chi connectivity index (χ3v) is 4.58. The number of benzene rings is 2. The molecule has 0 aromatic heterocycles. The van der Waals surface area contributed by atoms with Gasteiger partial charge in [-0.15, -0.1) is 0 Å². The minimum Gasteiger partial charge on any atom is -0.484 e. The van der Waals surface area contributed by atoms with Gasteiger partial charge in [0.1, 0.15) is 5.75 Å². The summed E-state index contributed by atoms with van der Waals surface area (Å²) in [7, 11) is 0. The maximum atomic E-state index is 12.2. The molecular weight excluding hydrogens is 340 g/mol. The highest BCUT2D eigenvalue weighted by Crippen LogP contribution is 2.26. The Kier molecular flexibility index (Phi) is 5.49. The molecule has 5 nitrogen and oxygen atoms in total. The SMILES string of the molecule is CC(C)(C)c1cccc(OCC(=O)Nc2cccc(N3CCCC3=O)c2)c1. The summed E-state index contributed by atoms with van der Waals surface area (Å²) in [4.78, 5) is 25.9. The quantitative estimate of drug-likeness (QED) is 0.866. The average molecular weight is 366 g/mol. The average Bonchev–Trinajstić information content (AvgIpc) is 3.06. The van der Waals surface area contributed by atoms with Crippen LogP contribution in [0.1, 0.15) is 39.2 Å². The van der Waals surface area contributed by atoms with Gasteiger partial charge in [-0.25, -0.2) is 0 Å². The van der Waals surface area contributed by atoms with Gasteiger partial charge in [-0.1, -0.05) is 39.0 Å². The van der Waals surface area contributed by atoms with E-state index in [0.717, 1.165) is 24.2 Å². The third-order valence-electron chi connectivity index (χ3n) is 4.58. The van der Waals surface area contributed by atoms with Crippen LogP contribution in [0.3, 0.4) is 0 Å². The number of nitrogens with zero attached hydrogens (tertiary/aromatic N) is 1. The Bertz CT molecular complexity index is 839. The number of hydrogen-bond acceptors (Lipinski definition) is 3. The van der Waals surface area contributed by atoms with Gasteiger partial charge < -0.3 is 15.0 Å². The lowest BCUT2D eigenvalue weighted by Crippen LogP contribution is -2.24. The molecule has 0 spiro atoms. The van der Waals surface area contributed by atoms with Crippen molar-refractivity contribution in [2.45, 2.75) is 39.0 Å². The summed E-state index contributed by atoms with van der Waals surface area (Å²) in [5.41, 5.74) is 2.65. The molecule has 1 saturated heterocycles. The second kappa shape index (κ2) is 7.82. The molecule has 1 fully saturated rings. The number of carbonyl (C=O) groups is 2. The number of carbonyl (C=O) groups excluding carboxylic acids is 2. The van der Waals surface area contributed by atoms with Crippen molar-refractivity contribution in [1.82, 2.24) is 0 Å². The third kappa shape index (κ3) is 4.88. The predicted octanol–water partition coefficient (Wildman–Crippen LogP) is 4.13. The molecule has 2 aromatic carbocycles. The van der Waals surface area contributed by atoms with E-state index in [-0.39, 0.29) is 23.8 Å². The van der Waals surface area contributed by atoms with Crippen LogP contribution in [0.4, 0.5) is 11.4 Å². The zero-order valence-electron chi connectivity index (χ0n) is 16.1. The Balaban J connectivity index is 1.59. The largest absolute Gasteiger partial charge is 0.484 e. The molecule has 1 aliphatic rings. The minimum atomic E-state index is -0.235. The van der Waals surface area contributed by atoms with E-state index in [1.807, 2.05) is 42.5 Å². The summed E-state index contributed by atoms with van der Waals surface area (Å²) in [6.07, 6.45) is 1.45. The molecule has 3 rings (SSSR count). The van der Waals surface area contributed by atoms with Crippen LogP contribution in [-0.4, -0.2) is 25.0 Å². The lowest BCUT2D eigenvalue weighted by Gasteiger charge is -2.19. The molecule has 142 valence electrons. The maximum absolute atomic E-state index is 12.2. The number of amides is 2. The number of hydrogen-bond donors (Lipinski definition) is 1. The molecule has 1 heterocycles. The van der Waals surface area contributed by atoms with Gasteiger partial charge in [0, 0.05) is 24.3 Å². The zero-order valence-corrected chi connectivity index (χ0v) is 16.1. The monoisotopic (exact) mass is 366 g/mol. The lowest BCUT2D eigenvalue weighted by atomic mass is 9.87. The van der Waals surface area contributed by atoms with E-state index in [0.29, 0.717) is 17.9 Å². The van der Waals surface area contributed by atoms with Crippen LogP contribution >= 0.6 is 0 Å². The van der Waals surface area contributed by atoms with Crippen molar-refractivity contribution in [3.63, 3.8) is 0 Å². The Morgan fingerprint density at radius 3 is 2.63 bits per heavy atom. The molecule has 0 saturated carbocycles. The summed E-state index contributed by atoms with van der Waals surface area (Å²) in [5.74, 6) is 0.565. The first kappa shape index (κ1) is 19.0. The van der Waals surface area contributed by atoms with Gasteiger partial charge in [-0.3, -0.25) is 9.59 Å². The van der Waals surface area contributed by atoms with E-state index < -0.39 is 0 Å². The molecule has 2 aromatic rings. The van der Waals surface area contributed by atoms with Gasteiger partial charge >= 0.3 is 0 Å². The van der Waals surface area contributed by atoms with Crippen LogP contribution in [0.25, 0.3) is 0 Å². The summed E-state index contributed by atoms with van der Waals surface area (Å²) >= 11 is 0. The van der Waals surface area contributed by atoms with Gasteiger partial charge in [0.2, 0.25) is 5.91 Å². The van der Waals surface area contributed by atoms with E-state index in [1.165, 1.54) is 0 Å². The van der Waals surface area contributed by atoms with E-state index in [2.05, 4.69) is 32.2 Å². The van der Waals surface area contributed by atoms with Crippen LogP contribution in [0, 0.1) is 0 Å². The molecule has 1 aliphatic heterocycles. The fourth-order valence-electron chi connectivity index (χ4n) is 3.07. The fraction of sp³-hybridized carbons (Fsp3) is 0.364. The van der Waals surface area contributed by atoms with E-state index in [4.69, 9.17) is 4.74 Å². The van der Waals surface area contributed by atoms with Crippen LogP contribution in [0.2, 0.25) is 0 Å². The van der Waals surface area contributed by atoms with Gasteiger partial charge in [0.05, 0.1) is 0 Å². The molecule has 0 aliphatic carbocycles. The summed E-state index contributed by atoms with van der Waals surface area (Å²) in [6, 6.07) is 15.2. The first-order valence-electron chi connectivity index (χ1n) is 9.26. The Morgan fingerprint density at radius 1 is 1.15 bits per heavy atom. The minimum absolute atomic E-state index is 0.0229. The van der Waals surface area contributed by atoms with Gasteiger partial charge in [-0.2, -0.15) is 0 Å². The Morgan fingerprint density at radius 2 is 1.93 bits per heavy atom. The highest BCUT2D eigenvalue weighted by atomic mass is 16.5. The van der Waals surface area contributed by atoms with Crippen LogP contribution in [0.15, 0.2) is 48.5 Å². The topological polar surface area (TPSA) is 58.6 Å². The molecular formula is C22H26N2O3. The van der Waals surface area contributed by atoms with Crippen LogP contribution < -0.4 is 15.0 Å². The Hall–Kier alpha value is -2.82. The van der Waals surface area contributed by atoms with Crippen molar-refractivity contribution in [3.05, 3.63) is 54.1 Å². The van der Waals surface area contributed by atoms with Gasteiger partial charge in [0.25, 0.3) is 5.91 Å². The Labute approximate surface area is 160 Å². The molecule has 5 heteroatoms. The van der Waals surface area contributed by atoms with Crippen LogP contribution in [-0.2, 0) is 15.0 Å². The molecule has 2 amide bonds. The first-order chi connectivity index (χ1) is 12.8. The van der Waals surface area contributed by atoms with Crippen molar-refractivity contribution < 1.29 is 14.3 Å². The molecule has 0 unspecified atom stereocenters. The molecule has 1 N–H and O–H groups in total. The smallest absolute Gasteiger partial charge is 0.262 e. The molecule has 0 atom stereocenters. The van der Waals surface area contributed by atoms with E-state index in [1.54, 1.807) is 4.90 Å². The summed E-state index contributed by atoms with van der Waals surface area (Å²) < 4.78 is 5.65. The number of rotatable bonds is 5. The van der Waals surface area contributed by atoms with Crippen molar-refractivity contribution in [2.75, 3.05) is 23.4 Å². The van der Waals surface area contributed by atoms with Gasteiger partial charge in [0.15, 0.2) is 6.61 Å². The number of nitrogens with one attached hydrogen (secondary N) is 1. The molecule has 27 heavy (non-hydrogen) atoms. The van der Waals surface area contributed by atoms with Crippen molar-refractivity contribution in [3.8, 4) is 5.75 Å². The number of ether oxygens (including phenoxy) is 1. The summed E-state index contributed by atoms with van der Waals surface area (Å²) in [6.45, 7) is 7.06. The standard InChI is InChI=1S/C22H26N2O3/c1-22(2,3)16-7-4-10-19(13-16)27-15-20(25)23-17-8-5-9-18(14-17)24-12-6-11-21(24)26/h4-5,7-10,13-14H,6,11-12,15H2,1-3H3,(H,23,25). The fourth-order valence-corrected chi connectivity index (χ4v) is 3.07.